The molecule has 1 fully saturated rings. The monoisotopic (exact) mass is 357 g/mol. The molecule has 0 unspecified atom stereocenters. The first-order valence-electron chi connectivity index (χ1n) is 8.31. The van der Waals surface area contributed by atoms with Crippen molar-refractivity contribution in [1.29, 1.82) is 5.26 Å². The summed E-state index contributed by atoms with van der Waals surface area (Å²) >= 11 is 1.44. The van der Waals surface area contributed by atoms with Crippen LogP contribution in [0.3, 0.4) is 0 Å². The molecule has 130 valence electrons. The van der Waals surface area contributed by atoms with E-state index in [4.69, 9.17) is 10.00 Å². The number of amides is 1. The van der Waals surface area contributed by atoms with Crippen LogP contribution >= 0.6 is 11.8 Å². The minimum Gasteiger partial charge on any atom is -0.497 e. The molecule has 0 aromatic heterocycles. The van der Waals surface area contributed by atoms with Crippen molar-refractivity contribution in [2.24, 2.45) is 4.99 Å². The number of thioether (sulfide) groups is 1. The van der Waals surface area contributed by atoms with Gasteiger partial charge in [0, 0.05) is 0 Å². The fourth-order valence-corrected chi connectivity index (χ4v) is 3.85. The Labute approximate surface area is 151 Å². The first kappa shape index (κ1) is 17.5. The Morgan fingerprint density at radius 2 is 2.08 bits per heavy atom. The van der Waals surface area contributed by atoms with Crippen LogP contribution in [0.2, 0.25) is 0 Å². The average molecular weight is 357 g/mol. The summed E-state index contributed by atoms with van der Waals surface area (Å²) in [6.07, 6.45) is 2.47. The van der Waals surface area contributed by atoms with Gasteiger partial charge < -0.3 is 14.5 Å². The number of benzene rings is 1. The number of carbonyl (C=O) groups excluding carboxylic acids is 1. The highest BCUT2D eigenvalue weighted by molar-refractivity contribution is 8.18. The predicted octanol–water partition coefficient (Wildman–Crippen LogP) is 0.780. The highest BCUT2D eigenvalue weighted by Gasteiger charge is 2.29. The van der Waals surface area contributed by atoms with E-state index in [1.807, 2.05) is 30.3 Å². The lowest BCUT2D eigenvalue weighted by atomic mass is 10.2. The smallest absolute Gasteiger partial charge is 0.286 e. The largest absolute Gasteiger partial charge is 0.497 e. The standard InChI is InChI=1S/C18H20N4O2S/c1-24-15-5-3-14(4-6-15)13-16-17(23)20-18(25-16)22-11-9-21(10-12-22)8-2-7-19/h3-6,13H,2,8-12H2,1H3/p+1/b16-13-. The van der Waals surface area contributed by atoms with E-state index in [2.05, 4.69) is 16.0 Å². The van der Waals surface area contributed by atoms with Gasteiger partial charge in [0.1, 0.15) is 5.75 Å². The third-order valence-electron chi connectivity index (χ3n) is 4.35. The second-order valence-electron chi connectivity index (χ2n) is 5.98. The molecule has 25 heavy (non-hydrogen) atoms. The Bertz CT molecular complexity index is 728. The van der Waals surface area contributed by atoms with Crippen molar-refractivity contribution in [1.82, 2.24) is 4.90 Å². The molecule has 1 aromatic carbocycles. The maximum Gasteiger partial charge on any atom is 0.286 e. The first-order chi connectivity index (χ1) is 12.2. The summed E-state index contributed by atoms with van der Waals surface area (Å²) in [6.45, 7) is 4.59. The van der Waals surface area contributed by atoms with E-state index >= 15 is 0 Å². The van der Waals surface area contributed by atoms with E-state index in [9.17, 15) is 4.79 Å². The van der Waals surface area contributed by atoms with Crippen molar-refractivity contribution in [3.8, 4) is 11.8 Å². The van der Waals surface area contributed by atoms with Gasteiger partial charge in [0.25, 0.3) is 5.91 Å². The van der Waals surface area contributed by atoms with E-state index < -0.39 is 0 Å². The van der Waals surface area contributed by atoms with E-state index in [1.54, 1.807) is 7.11 Å². The second kappa shape index (κ2) is 8.19. The molecule has 0 aliphatic carbocycles. The Morgan fingerprint density at radius 1 is 1.36 bits per heavy atom. The summed E-state index contributed by atoms with van der Waals surface area (Å²) in [5.74, 6) is 0.622. The molecule has 0 spiro atoms. The van der Waals surface area contributed by atoms with Gasteiger partial charge in [-0.25, -0.2) is 0 Å². The quantitative estimate of drug-likeness (QED) is 0.807. The fourth-order valence-electron chi connectivity index (χ4n) is 2.88. The third-order valence-corrected chi connectivity index (χ3v) is 5.40. The van der Waals surface area contributed by atoms with Gasteiger partial charge in [-0.2, -0.15) is 10.3 Å². The number of carbonyl (C=O) groups is 1. The van der Waals surface area contributed by atoms with Crippen LogP contribution in [0.5, 0.6) is 5.75 Å². The topological polar surface area (TPSA) is 70.1 Å². The van der Waals surface area contributed by atoms with Crippen LogP contribution in [-0.2, 0) is 4.79 Å². The van der Waals surface area contributed by atoms with Gasteiger partial charge in [-0.15, -0.1) is 0 Å². The number of nitrogens with zero attached hydrogens (tertiary/aromatic N) is 3. The number of amidine groups is 1. The number of methoxy groups -OCH3 is 1. The van der Waals surface area contributed by atoms with Crippen LogP contribution in [0, 0.1) is 11.3 Å². The second-order valence-corrected chi connectivity index (χ2v) is 6.99. The van der Waals surface area contributed by atoms with Crippen LogP contribution in [0.25, 0.3) is 6.08 Å². The van der Waals surface area contributed by atoms with Gasteiger partial charge >= 0.3 is 0 Å². The van der Waals surface area contributed by atoms with Crippen molar-refractivity contribution in [3.05, 3.63) is 34.7 Å². The Morgan fingerprint density at radius 3 is 2.72 bits per heavy atom. The molecule has 0 radical (unpaired) electrons. The van der Waals surface area contributed by atoms with Gasteiger partial charge in [-0.3, -0.25) is 4.79 Å². The maximum absolute atomic E-state index is 12.2. The number of ether oxygens (including phenoxy) is 1. The van der Waals surface area contributed by atoms with Crippen molar-refractivity contribution >= 4 is 28.9 Å². The average Bonchev–Trinajstić information content (AvgIpc) is 3.01. The van der Waals surface area contributed by atoms with Crippen LogP contribution in [0.4, 0.5) is 0 Å². The summed E-state index contributed by atoms with van der Waals surface area (Å²) in [6, 6.07) is 9.81. The fraction of sp³-hybridized carbons (Fsp3) is 0.389. The minimum absolute atomic E-state index is 0.171. The maximum atomic E-state index is 12.2. The Balaban J connectivity index is 1.59. The molecule has 1 amide bonds. The summed E-state index contributed by atoms with van der Waals surface area (Å²) in [4.78, 5) is 20.7. The minimum atomic E-state index is -0.171. The van der Waals surface area contributed by atoms with Crippen LogP contribution in [-0.4, -0.2) is 55.8 Å². The summed E-state index contributed by atoms with van der Waals surface area (Å²) < 4.78 is 5.15. The van der Waals surface area contributed by atoms with E-state index in [-0.39, 0.29) is 5.91 Å². The van der Waals surface area contributed by atoms with Gasteiger partial charge in [-0.1, -0.05) is 12.1 Å². The Hall–Kier alpha value is -2.30. The molecule has 7 heteroatoms. The molecule has 3 rings (SSSR count). The summed E-state index contributed by atoms with van der Waals surface area (Å²) in [7, 11) is 1.63. The molecule has 2 heterocycles. The van der Waals surface area contributed by atoms with Crippen molar-refractivity contribution < 1.29 is 14.4 Å². The number of aliphatic imine (C=N–C) groups is 1. The number of nitrogens with one attached hydrogen (secondary N) is 1. The molecule has 1 N–H and O–H groups in total. The molecular weight excluding hydrogens is 336 g/mol. The molecular formula is C18H21N4O2S+. The number of quaternary nitrogens is 1. The van der Waals surface area contributed by atoms with Gasteiger partial charge in [0.15, 0.2) is 5.17 Å². The molecule has 2 aliphatic heterocycles. The summed E-state index contributed by atoms with van der Waals surface area (Å²) in [5, 5.41) is 9.48. The summed E-state index contributed by atoms with van der Waals surface area (Å²) in [5.41, 5.74) is 0.957. The lowest BCUT2D eigenvalue weighted by Crippen LogP contribution is -3.14. The van der Waals surface area contributed by atoms with Gasteiger partial charge in [0.05, 0.1) is 57.2 Å². The molecule has 1 aromatic rings. The number of hydrogen-bond acceptors (Lipinski definition) is 5. The molecule has 0 saturated carbocycles. The van der Waals surface area contributed by atoms with Crippen LogP contribution in [0.1, 0.15) is 12.0 Å². The zero-order chi connectivity index (χ0) is 17.6. The van der Waals surface area contributed by atoms with Crippen molar-refractivity contribution in [2.75, 3.05) is 39.8 Å². The highest BCUT2D eigenvalue weighted by atomic mass is 32.2. The molecule has 2 aliphatic rings. The van der Waals surface area contributed by atoms with E-state index in [0.717, 1.165) is 49.2 Å². The van der Waals surface area contributed by atoms with Gasteiger partial charge in [0.2, 0.25) is 0 Å². The predicted molar refractivity (Wildman–Crippen MR) is 98.4 cm³/mol. The number of nitriles is 1. The van der Waals surface area contributed by atoms with E-state index in [1.165, 1.54) is 16.7 Å². The van der Waals surface area contributed by atoms with Crippen LogP contribution < -0.4 is 9.64 Å². The van der Waals surface area contributed by atoms with Crippen molar-refractivity contribution in [2.45, 2.75) is 6.42 Å². The lowest BCUT2D eigenvalue weighted by molar-refractivity contribution is -0.903. The van der Waals surface area contributed by atoms with E-state index in [0.29, 0.717) is 11.3 Å². The number of piperazine rings is 1. The normalized spacial score (nSPS) is 19.8. The first-order valence-corrected chi connectivity index (χ1v) is 9.13. The molecule has 0 atom stereocenters. The highest BCUT2D eigenvalue weighted by Crippen LogP contribution is 2.30. The SMILES string of the molecule is COc1ccc(/C=C2\SC(N3CC[NH+](CCC#N)CC3)=NC2=O)cc1. The molecule has 1 saturated heterocycles. The lowest BCUT2D eigenvalue weighted by Gasteiger charge is -2.32. The van der Waals surface area contributed by atoms with Crippen molar-refractivity contribution in [3.63, 3.8) is 0 Å². The Kier molecular flexibility index (Phi) is 5.74. The zero-order valence-electron chi connectivity index (χ0n) is 14.2. The number of hydrogen-bond donors (Lipinski definition) is 1. The third kappa shape index (κ3) is 4.41. The zero-order valence-corrected chi connectivity index (χ0v) is 15.0. The van der Waals surface area contributed by atoms with Gasteiger partial charge in [-0.05, 0) is 35.5 Å². The number of rotatable bonds is 4. The molecule has 6 nitrogen and oxygen atoms in total. The van der Waals surface area contributed by atoms with Crippen LogP contribution in [0.15, 0.2) is 34.2 Å². The molecule has 0 bridgehead atoms.